The summed E-state index contributed by atoms with van der Waals surface area (Å²) in [7, 11) is 0. The van der Waals surface area contributed by atoms with E-state index in [0.717, 1.165) is 6.07 Å². The maximum atomic E-state index is 14.0. The van der Waals surface area contributed by atoms with E-state index in [9.17, 15) is 22.8 Å². The van der Waals surface area contributed by atoms with Crippen molar-refractivity contribution in [2.45, 2.75) is 45.7 Å². The summed E-state index contributed by atoms with van der Waals surface area (Å²) in [5, 5.41) is 2.66. The number of Topliss-reactive ketones (excluding diaryl/α,β-unsaturated/α-hetero) is 1. The van der Waals surface area contributed by atoms with Crippen molar-refractivity contribution >= 4 is 23.2 Å². The first-order chi connectivity index (χ1) is 15.5. The average Bonchev–Trinajstić information content (AvgIpc) is 2.71. The van der Waals surface area contributed by atoms with Crippen molar-refractivity contribution in [2.75, 3.05) is 5.32 Å². The molecule has 4 rings (SSSR count). The number of aromatic nitrogens is 1. The zero-order valence-electron chi connectivity index (χ0n) is 18.5. The number of nitrogens with one attached hydrogen (secondary N) is 1. The molecule has 1 aliphatic carbocycles. The molecule has 8 heteroatoms. The minimum atomic E-state index is -4.64. The number of aliphatic imine (C=N–C) groups is 1. The van der Waals surface area contributed by atoms with Crippen LogP contribution in [0.1, 0.15) is 50.7 Å². The number of pyridine rings is 1. The van der Waals surface area contributed by atoms with E-state index in [0.29, 0.717) is 17.8 Å². The number of alkyl halides is 3. The molecule has 0 spiro atoms. The second-order valence-electron chi connectivity index (χ2n) is 9.30. The SMILES string of the molecule is CC1=C(C(=O)Nc2ccccn2)C(c2ccccc2C(F)(F)F)C2C(=O)CC(C)(C)CC2=N1. The molecule has 1 aliphatic heterocycles. The Bertz CT molecular complexity index is 1170. The number of carbonyl (C=O) groups is 2. The predicted molar refractivity (Wildman–Crippen MR) is 119 cm³/mol. The van der Waals surface area contributed by atoms with E-state index in [4.69, 9.17) is 0 Å². The molecular formula is C25H24F3N3O2. The molecule has 1 amide bonds. The van der Waals surface area contributed by atoms with Crippen molar-refractivity contribution in [3.63, 3.8) is 0 Å². The minimum absolute atomic E-state index is 0.0548. The van der Waals surface area contributed by atoms with Crippen LogP contribution in [0.15, 0.2) is 64.9 Å². The molecule has 1 saturated carbocycles. The summed E-state index contributed by atoms with van der Waals surface area (Å²) >= 11 is 0. The standard InChI is InChI=1S/C25H24F3N3O2/c1-14-20(23(33)31-19-10-6-7-11-29-19)21(15-8-4-5-9-16(15)25(26,27)28)22-17(30-14)12-24(2,3)13-18(22)32/h4-11,21-22H,12-13H2,1-3H3,(H,29,31,33). The Balaban J connectivity index is 1.90. The number of amides is 1. The van der Waals surface area contributed by atoms with Crippen LogP contribution < -0.4 is 5.32 Å². The number of anilines is 1. The Morgan fingerprint density at radius 1 is 1.06 bits per heavy atom. The van der Waals surface area contributed by atoms with Crippen molar-refractivity contribution in [1.29, 1.82) is 0 Å². The van der Waals surface area contributed by atoms with Crippen LogP contribution in [0.5, 0.6) is 0 Å². The summed E-state index contributed by atoms with van der Waals surface area (Å²) in [4.78, 5) is 35.3. The number of halogens is 3. The molecule has 0 radical (unpaired) electrons. The van der Waals surface area contributed by atoms with Gasteiger partial charge in [-0.2, -0.15) is 13.2 Å². The maximum Gasteiger partial charge on any atom is 0.416 e. The first-order valence-corrected chi connectivity index (χ1v) is 10.7. The third kappa shape index (κ3) is 4.47. The quantitative estimate of drug-likeness (QED) is 0.659. The Hall–Kier alpha value is -3.29. The topological polar surface area (TPSA) is 71.4 Å². The lowest BCUT2D eigenvalue weighted by molar-refractivity contribution is -0.139. The number of fused-ring (bicyclic) bond motifs is 1. The van der Waals surface area contributed by atoms with Gasteiger partial charge in [-0.05, 0) is 42.5 Å². The predicted octanol–water partition coefficient (Wildman–Crippen LogP) is 5.56. The highest BCUT2D eigenvalue weighted by molar-refractivity contribution is 6.14. The van der Waals surface area contributed by atoms with Gasteiger partial charge >= 0.3 is 6.18 Å². The molecule has 2 unspecified atom stereocenters. The molecule has 2 aromatic rings. The molecule has 2 atom stereocenters. The zero-order valence-corrected chi connectivity index (χ0v) is 18.5. The fourth-order valence-electron chi connectivity index (χ4n) is 4.87. The van der Waals surface area contributed by atoms with Crippen LogP contribution in [0.2, 0.25) is 0 Å². The maximum absolute atomic E-state index is 14.0. The molecule has 0 bridgehead atoms. The molecular weight excluding hydrogens is 431 g/mol. The average molecular weight is 455 g/mol. The van der Waals surface area contributed by atoms with Crippen LogP contribution in [-0.4, -0.2) is 22.4 Å². The number of carbonyl (C=O) groups excluding carboxylic acids is 2. The van der Waals surface area contributed by atoms with Gasteiger partial charge in [0.1, 0.15) is 11.6 Å². The third-order valence-corrected chi connectivity index (χ3v) is 6.12. The van der Waals surface area contributed by atoms with Crippen LogP contribution >= 0.6 is 0 Å². The Kier molecular flexibility index (Phi) is 5.72. The lowest BCUT2D eigenvalue weighted by Gasteiger charge is -2.41. The van der Waals surface area contributed by atoms with Crippen molar-refractivity contribution in [2.24, 2.45) is 16.3 Å². The molecule has 5 nitrogen and oxygen atoms in total. The first-order valence-electron chi connectivity index (χ1n) is 10.7. The van der Waals surface area contributed by atoms with Gasteiger partial charge in [0.05, 0.1) is 11.5 Å². The van der Waals surface area contributed by atoms with E-state index < -0.39 is 29.5 Å². The molecule has 33 heavy (non-hydrogen) atoms. The van der Waals surface area contributed by atoms with Crippen LogP contribution in [0, 0.1) is 11.3 Å². The van der Waals surface area contributed by atoms with Gasteiger partial charge in [-0.25, -0.2) is 4.98 Å². The molecule has 1 N–H and O–H groups in total. The number of hydrogen-bond donors (Lipinski definition) is 1. The molecule has 1 fully saturated rings. The summed E-state index contributed by atoms with van der Waals surface area (Å²) in [6.45, 7) is 5.47. The lowest BCUT2D eigenvalue weighted by Crippen LogP contribution is -2.44. The van der Waals surface area contributed by atoms with E-state index in [-0.39, 0.29) is 34.6 Å². The summed E-state index contributed by atoms with van der Waals surface area (Å²) in [6.07, 6.45) is -2.47. The van der Waals surface area contributed by atoms with Gasteiger partial charge in [-0.3, -0.25) is 14.6 Å². The van der Waals surface area contributed by atoms with Crippen LogP contribution in [-0.2, 0) is 15.8 Å². The molecule has 0 saturated heterocycles. The smallest absolute Gasteiger partial charge is 0.307 e. The molecule has 2 aliphatic rings. The first kappa shape index (κ1) is 22.9. The van der Waals surface area contributed by atoms with Gasteiger partial charge in [-0.1, -0.05) is 38.1 Å². The van der Waals surface area contributed by atoms with E-state index in [1.807, 2.05) is 13.8 Å². The van der Waals surface area contributed by atoms with Gasteiger partial charge in [-0.15, -0.1) is 0 Å². The Labute approximate surface area is 189 Å². The van der Waals surface area contributed by atoms with E-state index in [1.165, 1.54) is 24.4 Å². The van der Waals surface area contributed by atoms with Gasteiger partial charge in [0.25, 0.3) is 5.91 Å². The number of allylic oxidation sites excluding steroid dienone is 1. The van der Waals surface area contributed by atoms with Gasteiger partial charge < -0.3 is 5.32 Å². The zero-order chi connectivity index (χ0) is 24.0. The monoisotopic (exact) mass is 455 g/mol. The van der Waals surface area contributed by atoms with Gasteiger partial charge in [0, 0.05) is 35.5 Å². The number of hydrogen-bond acceptors (Lipinski definition) is 4. The fraction of sp³-hybridized carbons (Fsp3) is 0.360. The highest BCUT2D eigenvalue weighted by atomic mass is 19.4. The Morgan fingerprint density at radius 3 is 2.42 bits per heavy atom. The summed E-state index contributed by atoms with van der Waals surface area (Å²) < 4.78 is 41.9. The van der Waals surface area contributed by atoms with Gasteiger partial charge in [0.2, 0.25) is 0 Å². The van der Waals surface area contributed by atoms with Crippen molar-refractivity contribution in [3.05, 3.63) is 71.1 Å². The normalized spacial score (nSPS) is 22.5. The molecule has 1 aromatic heterocycles. The molecule has 172 valence electrons. The second-order valence-corrected chi connectivity index (χ2v) is 9.30. The number of benzene rings is 1. The van der Waals surface area contributed by atoms with Crippen molar-refractivity contribution < 1.29 is 22.8 Å². The van der Waals surface area contributed by atoms with Crippen LogP contribution in [0.4, 0.5) is 19.0 Å². The van der Waals surface area contributed by atoms with E-state index in [1.54, 1.807) is 25.1 Å². The second kappa shape index (κ2) is 8.24. The molecule has 2 heterocycles. The number of rotatable bonds is 3. The molecule has 1 aromatic carbocycles. The fourth-order valence-corrected chi connectivity index (χ4v) is 4.87. The van der Waals surface area contributed by atoms with Gasteiger partial charge in [0.15, 0.2) is 0 Å². The van der Waals surface area contributed by atoms with Crippen LogP contribution in [0.3, 0.4) is 0 Å². The third-order valence-electron chi connectivity index (χ3n) is 6.12. The van der Waals surface area contributed by atoms with Crippen molar-refractivity contribution in [1.82, 2.24) is 4.98 Å². The minimum Gasteiger partial charge on any atom is -0.307 e. The van der Waals surface area contributed by atoms with E-state index >= 15 is 0 Å². The van der Waals surface area contributed by atoms with Crippen molar-refractivity contribution in [3.8, 4) is 0 Å². The summed E-state index contributed by atoms with van der Waals surface area (Å²) in [6, 6.07) is 10.1. The van der Waals surface area contributed by atoms with E-state index in [2.05, 4.69) is 15.3 Å². The lowest BCUT2D eigenvalue weighted by atomic mass is 9.63. The highest BCUT2D eigenvalue weighted by Gasteiger charge is 2.49. The highest BCUT2D eigenvalue weighted by Crippen LogP contribution is 2.49. The summed E-state index contributed by atoms with van der Waals surface area (Å²) in [5.41, 5.74) is -0.411. The number of nitrogens with zero attached hydrogens (tertiary/aromatic N) is 2. The summed E-state index contributed by atoms with van der Waals surface area (Å²) in [5.74, 6) is -2.58. The van der Waals surface area contributed by atoms with Crippen LogP contribution in [0.25, 0.3) is 0 Å². The largest absolute Gasteiger partial charge is 0.416 e. The number of ketones is 1. The Morgan fingerprint density at radius 2 is 1.76 bits per heavy atom.